The molecule has 14 heteroatoms. The summed E-state index contributed by atoms with van der Waals surface area (Å²) in [4.78, 5) is 24.8. The summed E-state index contributed by atoms with van der Waals surface area (Å²) in [6.07, 6.45) is 1.74. The molecule has 0 radical (unpaired) electrons. The molecule has 0 spiro atoms. The Labute approximate surface area is 195 Å². The third kappa shape index (κ3) is 6.81. The van der Waals surface area contributed by atoms with Gasteiger partial charge in [0.25, 0.3) is 5.91 Å². The number of hydrogen-bond acceptors (Lipinski definition) is 7. The van der Waals surface area contributed by atoms with Gasteiger partial charge in [-0.2, -0.15) is 4.99 Å². The van der Waals surface area contributed by atoms with Crippen LogP contribution in [0.2, 0.25) is 0 Å². The van der Waals surface area contributed by atoms with Crippen molar-refractivity contribution in [2.75, 3.05) is 19.6 Å². The SMILES string of the molecule is COC(=O)c1ccc(C)c(S(C)(=O)=O)c1F.Cc1ccc(C(=O)N=C(N)N)c(F)c1S(C)(=O)=O. The zero-order valence-electron chi connectivity index (χ0n) is 18.8. The summed E-state index contributed by atoms with van der Waals surface area (Å²) in [6, 6.07) is 5.01. The van der Waals surface area contributed by atoms with E-state index in [0.717, 1.165) is 25.7 Å². The van der Waals surface area contributed by atoms with Crippen LogP contribution in [0.4, 0.5) is 8.78 Å². The molecule has 0 heterocycles. The van der Waals surface area contributed by atoms with E-state index >= 15 is 0 Å². The Hall–Kier alpha value is -3.39. The number of nitrogens with two attached hydrogens (primary N) is 2. The fourth-order valence-electron chi connectivity index (χ4n) is 2.83. The predicted molar refractivity (Wildman–Crippen MR) is 120 cm³/mol. The fourth-order valence-corrected chi connectivity index (χ4v) is 5.00. The Morgan fingerprint density at radius 1 is 0.824 bits per heavy atom. The van der Waals surface area contributed by atoms with Gasteiger partial charge in [-0.15, -0.1) is 0 Å². The van der Waals surface area contributed by atoms with Gasteiger partial charge in [0, 0.05) is 12.5 Å². The zero-order chi connectivity index (χ0) is 26.6. The van der Waals surface area contributed by atoms with Gasteiger partial charge in [0.1, 0.15) is 9.79 Å². The third-order valence-electron chi connectivity index (χ3n) is 4.20. The second-order valence-corrected chi connectivity index (χ2v) is 10.9. The number of esters is 1. The topological polar surface area (TPSA) is 176 Å². The maximum absolute atomic E-state index is 14.0. The van der Waals surface area contributed by atoms with Crippen molar-refractivity contribution in [1.29, 1.82) is 0 Å². The van der Waals surface area contributed by atoms with Gasteiger partial charge in [-0.1, -0.05) is 12.1 Å². The quantitative estimate of drug-likeness (QED) is 0.342. The number of benzene rings is 2. The van der Waals surface area contributed by atoms with E-state index < -0.39 is 64.5 Å². The highest BCUT2D eigenvalue weighted by Gasteiger charge is 2.24. The Morgan fingerprint density at radius 3 is 1.56 bits per heavy atom. The summed E-state index contributed by atoms with van der Waals surface area (Å²) in [5, 5.41) is 0. The first-order chi connectivity index (χ1) is 15.4. The van der Waals surface area contributed by atoms with Crippen molar-refractivity contribution in [1.82, 2.24) is 0 Å². The van der Waals surface area contributed by atoms with Gasteiger partial charge >= 0.3 is 5.97 Å². The third-order valence-corrected chi connectivity index (χ3v) is 6.68. The maximum Gasteiger partial charge on any atom is 0.340 e. The standard InChI is InChI=1S/C10H12FN3O3S.C10H11FO4S/c1-5-3-4-6(9(15)14-10(12)13)7(11)8(5)18(2,16)17;1-6-4-5-7(10(12)15-2)8(11)9(6)16(3,13)14/h3-4H,1-2H3,(H4,12,13,14,15);4-5H,1-3H3. The Morgan fingerprint density at radius 2 is 1.21 bits per heavy atom. The van der Waals surface area contributed by atoms with Crippen LogP contribution in [0.5, 0.6) is 0 Å². The molecule has 0 fully saturated rings. The smallest absolute Gasteiger partial charge is 0.340 e. The fraction of sp³-hybridized carbons (Fsp3) is 0.250. The van der Waals surface area contributed by atoms with Crippen LogP contribution in [0.1, 0.15) is 31.8 Å². The lowest BCUT2D eigenvalue weighted by atomic mass is 10.1. The number of hydrogen-bond donors (Lipinski definition) is 2. The average molecular weight is 520 g/mol. The van der Waals surface area contributed by atoms with E-state index in [1.54, 1.807) is 0 Å². The number of carbonyl (C=O) groups is 2. The van der Waals surface area contributed by atoms with Gasteiger partial charge in [-0.25, -0.2) is 30.4 Å². The second-order valence-electron chi connectivity index (χ2n) is 7.02. The molecule has 1 amide bonds. The molecule has 0 unspecified atom stereocenters. The Balaban J connectivity index is 0.000000342. The molecule has 0 saturated heterocycles. The summed E-state index contributed by atoms with van der Waals surface area (Å²) in [5.41, 5.74) is 9.59. The number of aryl methyl sites for hydroxylation is 2. The van der Waals surface area contributed by atoms with Crippen molar-refractivity contribution in [2.24, 2.45) is 16.5 Å². The van der Waals surface area contributed by atoms with E-state index in [4.69, 9.17) is 11.5 Å². The molecule has 10 nitrogen and oxygen atoms in total. The first-order valence-corrected chi connectivity index (χ1v) is 12.9. The first kappa shape index (κ1) is 28.6. The predicted octanol–water partition coefficient (Wildman–Crippen LogP) is 1.28. The number of sulfone groups is 2. The van der Waals surface area contributed by atoms with E-state index in [9.17, 15) is 35.2 Å². The van der Waals surface area contributed by atoms with Gasteiger partial charge in [-0.3, -0.25) is 4.79 Å². The number of aliphatic imine (C=N–C) groups is 1. The zero-order valence-corrected chi connectivity index (χ0v) is 20.5. The number of halogens is 2. The first-order valence-electron chi connectivity index (χ1n) is 9.14. The van der Waals surface area contributed by atoms with E-state index in [0.29, 0.717) is 0 Å². The molecule has 0 saturated carbocycles. The minimum atomic E-state index is -3.79. The lowest BCUT2D eigenvalue weighted by molar-refractivity contribution is 0.0594. The van der Waals surface area contributed by atoms with Crippen molar-refractivity contribution < 1.29 is 39.9 Å². The highest BCUT2D eigenvalue weighted by molar-refractivity contribution is 7.91. The van der Waals surface area contributed by atoms with Crippen LogP contribution < -0.4 is 11.5 Å². The minimum Gasteiger partial charge on any atom is -0.465 e. The van der Waals surface area contributed by atoms with Crippen molar-refractivity contribution in [3.8, 4) is 0 Å². The van der Waals surface area contributed by atoms with Gasteiger partial charge in [-0.05, 0) is 37.1 Å². The average Bonchev–Trinajstić information content (AvgIpc) is 2.65. The summed E-state index contributed by atoms with van der Waals surface area (Å²) in [6.45, 7) is 2.88. The number of ether oxygens (including phenoxy) is 1. The highest BCUT2D eigenvalue weighted by atomic mass is 32.2. The van der Waals surface area contributed by atoms with Crippen LogP contribution >= 0.6 is 0 Å². The van der Waals surface area contributed by atoms with Gasteiger partial charge in [0.05, 0.1) is 18.2 Å². The number of rotatable bonds is 4. The summed E-state index contributed by atoms with van der Waals surface area (Å²) in [5.74, 6) is -4.66. The molecule has 0 atom stereocenters. The largest absolute Gasteiger partial charge is 0.465 e. The van der Waals surface area contributed by atoms with Crippen LogP contribution in [0.15, 0.2) is 39.0 Å². The molecule has 0 bridgehead atoms. The van der Waals surface area contributed by atoms with E-state index in [1.807, 2.05) is 0 Å². The molecule has 2 rings (SSSR count). The van der Waals surface area contributed by atoms with Crippen molar-refractivity contribution in [3.05, 3.63) is 58.2 Å². The highest BCUT2D eigenvalue weighted by Crippen LogP contribution is 2.24. The Kier molecular flexibility index (Phi) is 9.01. The number of nitrogens with zero attached hydrogens (tertiary/aromatic N) is 1. The molecule has 0 aliphatic heterocycles. The normalized spacial score (nSPS) is 11.1. The molecule has 0 aliphatic rings. The lowest BCUT2D eigenvalue weighted by Crippen LogP contribution is -2.24. The van der Waals surface area contributed by atoms with Crippen LogP contribution in [-0.4, -0.2) is 54.3 Å². The van der Waals surface area contributed by atoms with Crippen molar-refractivity contribution >= 4 is 37.5 Å². The molecular formula is C20H23F2N3O7S2. The summed E-state index contributed by atoms with van der Waals surface area (Å²) >= 11 is 0. The molecular weight excluding hydrogens is 496 g/mol. The van der Waals surface area contributed by atoms with Crippen molar-refractivity contribution in [2.45, 2.75) is 23.6 Å². The van der Waals surface area contributed by atoms with Crippen LogP contribution in [-0.2, 0) is 24.4 Å². The Bertz CT molecular complexity index is 1380. The number of amides is 1. The van der Waals surface area contributed by atoms with Gasteiger partial charge in [0.2, 0.25) is 0 Å². The number of methoxy groups -OCH3 is 1. The van der Waals surface area contributed by atoms with E-state index in [1.165, 1.54) is 32.0 Å². The summed E-state index contributed by atoms with van der Waals surface area (Å²) < 4.78 is 77.7. The van der Waals surface area contributed by atoms with E-state index in [2.05, 4.69) is 9.73 Å². The maximum atomic E-state index is 14.0. The molecule has 34 heavy (non-hydrogen) atoms. The van der Waals surface area contributed by atoms with Gasteiger partial charge in [0.15, 0.2) is 37.3 Å². The lowest BCUT2D eigenvalue weighted by Gasteiger charge is -2.08. The number of carbonyl (C=O) groups excluding carboxylic acids is 2. The molecule has 186 valence electrons. The monoisotopic (exact) mass is 519 g/mol. The number of guanidine groups is 1. The van der Waals surface area contributed by atoms with Crippen LogP contribution in [0.3, 0.4) is 0 Å². The molecule has 0 aromatic heterocycles. The molecule has 2 aromatic carbocycles. The van der Waals surface area contributed by atoms with Gasteiger partial charge < -0.3 is 16.2 Å². The summed E-state index contributed by atoms with van der Waals surface area (Å²) in [7, 11) is -6.40. The molecule has 4 N–H and O–H groups in total. The van der Waals surface area contributed by atoms with Crippen LogP contribution in [0, 0.1) is 25.5 Å². The molecule has 2 aromatic rings. The molecule has 0 aliphatic carbocycles. The van der Waals surface area contributed by atoms with E-state index in [-0.39, 0.29) is 16.7 Å². The van der Waals surface area contributed by atoms with Crippen LogP contribution in [0.25, 0.3) is 0 Å². The van der Waals surface area contributed by atoms with Crippen molar-refractivity contribution in [3.63, 3.8) is 0 Å². The minimum absolute atomic E-state index is 0.205. The second kappa shape index (κ2) is 10.7.